The summed E-state index contributed by atoms with van der Waals surface area (Å²) in [4.78, 5) is 13.6. The van der Waals surface area contributed by atoms with Gasteiger partial charge in [-0.2, -0.15) is 0 Å². The number of amides is 1. The summed E-state index contributed by atoms with van der Waals surface area (Å²) in [7, 11) is 2.15. The molecule has 13 heavy (non-hydrogen) atoms. The Morgan fingerprint density at radius 1 is 1.46 bits per heavy atom. The highest BCUT2D eigenvalue weighted by molar-refractivity contribution is 5.76. The lowest BCUT2D eigenvalue weighted by atomic mass is 10.3. The number of fused-ring (bicyclic) bond motifs is 1. The summed E-state index contributed by atoms with van der Waals surface area (Å²) < 4.78 is 0. The Balaban J connectivity index is 1.73. The van der Waals surface area contributed by atoms with Crippen molar-refractivity contribution in [3.8, 4) is 0 Å². The van der Waals surface area contributed by atoms with Gasteiger partial charge in [0.2, 0.25) is 5.91 Å². The average Bonchev–Trinajstić information content (AvgIpc) is 2.56. The van der Waals surface area contributed by atoms with E-state index in [0.29, 0.717) is 12.5 Å². The van der Waals surface area contributed by atoms with E-state index in [9.17, 15) is 4.79 Å². The van der Waals surface area contributed by atoms with Crippen LogP contribution in [0.25, 0.3) is 0 Å². The SMILES string of the molecule is CCCC(=O)NC1[C@H]2CN(C)C[C@@H]12. The van der Waals surface area contributed by atoms with Gasteiger partial charge in [-0.05, 0) is 25.3 Å². The van der Waals surface area contributed by atoms with Crippen molar-refractivity contribution >= 4 is 5.91 Å². The Morgan fingerprint density at radius 2 is 2.08 bits per heavy atom. The summed E-state index contributed by atoms with van der Waals surface area (Å²) in [5, 5.41) is 3.11. The van der Waals surface area contributed by atoms with E-state index in [0.717, 1.165) is 18.3 Å². The predicted octanol–water partition coefficient (Wildman–Crippen LogP) is 0.463. The molecule has 1 aliphatic heterocycles. The molecular formula is C10H18N2O. The normalized spacial score (nSPS) is 37.2. The molecule has 2 aliphatic rings. The smallest absolute Gasteiger partial charge is 0.220 e. The predicted molar refractivity (Wildman–Crippen MR) is 51.3 cm³/mol. The molecule has 1 saturated heterocycles. The molecular weight excluding hydrogens is 164 g/mol. The van der Waals surface area contributed by atoms with Gasteiger partial charge in [-0.3, -0.25) is 4.79 Å². The standard InChI is InChI=1S/C10H18N2O/c1-3-4-9(13)11-10-7-5-12(2)6-8(7)10/h7-8,10H,3-6H2,1-2H3,(H,11,13)/t7-,8+,10?. The lowest BCUT2D eigenvalue weighted by Gasteiger charge is -2.13. The van der Waals surface area contributed by atoms with Crippen molar-refractivity contribution in [3.05, 3.63) is 0 Å². The number of hydrogen-bond donors (Lipinski definition) is 1. The molecule has 1 N–H and O–H groups in total. The number of nitrogens with zero attached hydrogens (tertiary/aromatic N) is 1. The molecule has 0 radical (unpaired) electrons. The van der Waals surface area contributed by atoms with Crippen LogP contribution in [-0.2, 0) is 4.79 Å². The van der Waals surface area contributed by atoms with Crippen LogP contribution in [0.5, 0.6) is 0 Å². The second-order valence-electron chi connectivity index (χ2n) is 4.39. The first-order valence-electron chi connectivity index (χ1n) is 5.20. The molecule has 1 saturated carbocycles. The van der Waals surface area contributed by atoms with Crippen molar-refractivity contribution in [2.24, 2.45) is 11.8 Å². The monoisotopic (exact) mass is 182 g/mol. The van der Waals surface area contributed by atoms with Crippen LogP contribution >= 0.6 is 0 Å². The fourth-order valence-electron chi connectivity index (χ4n) is 2.44. The van der Waals surface area contributed by atoms with Gasteiger partial charge in [0.15, 0.2) is 0 Å². The Kier molecular flexibility index (Phi) is 2.28. The van der Waals surface area contributed by atoms with Gasteiger partial charge in [-0.15, -0.1) is 0 Å². The lowest BCUT2D eigenvalue weighted by Crippen LogP contribution is -2.32. The van der Waals surface area contributed by atoms with Crippen LogP contribution < -0.4 is 5.32 Å². The summed E-state index contributed by atoms with van der Waals surface area (Å²) in [5.41, 5.74) is 0. The summed E-state index contributed by atoms with van der Waals surface area (Å²) in [6.07, 6.45) is 1.64. The Labute approximate surface area is 79.5 Å². The van der Waals surface area contributed by atoms with Crippen molar-refractivity contribution in [1.29, 1.82) is 0 Å². The molecule has 1 amide bonds. The third kappa shape index (κ3) is 1.70. The molecule has 0 aromatic heterocycles. The average molecular weight is 182 g/mol. The van der Waals surface area contributed by atoms with Crippen LogP contribution in [0, 0.1) is 11.8 Å². The van der Waals surface area contributed by atoms with Gasteiger partial charge < -0.3 is 10.2 Å². The third-order valence-electron chi connectivity index (χ3n) is 3.18. The molecule has 3 heteroatoms. The van der Waals surface area contributed by atoms with Crippen molar-refractivity contribution in [1.82, 2.24) is 10.2 Å². The van der Waals surface area contributed by atoms with E-state index in [-0.39, 0.29) is 5.91 Å². The molecule has 2 rings (SSSR count). The molecule has 74 valence electrons. The minimum atomic E-state index is 0.240. The number of hydrogen-bond acceptors (Lipinski definition) is 2. The molecule has 1 unspecified atom stereocenters. The van der Waals surface area contributed by atoms with Crippen LogP contribution in [0.4, 0.5) is 0 Å². The maximum atomic E-state index is 11.3. The number of rotatable bonds is 3. The highest BCUT2D eigenvalue weighted by Gasteiger charge is 2.55. The minimum absolute atomic E-state index is 0.240. The van der Waals surface area contributed by atoms with Gasteiger partial charge in [-0.1, -0.05) is 6.92 Å². The quantitative estimate of drug-likeness (QED) is 0.688. The second-order valence-corrected chi connectivity index (χ2v) is 4.39. The number of nitrogens with one attached hydrogen (secondary N) is 1. The molecule has 3 nitrogen and oxygen atoms in total. The highest BCUT2D eigenvalue weighted by atomic mass is 16.1. The molecule has 1 aliphatic carbocycles. The van der Waals surface area contributed by atoms with E-state index in [1.165, 1.54) is 13.1 Å². The molecule has 2 fully saturated rings. The largest absolute Gasteiger partial charge is 0.353 e. The van der Waals surface area contributed by atoms with Crippen molar-refractivity contribution < 1.29 is 4.79 Å². The van der Waals surface area contributed by atoms with Gasteiger partial charge in [0.1, 0.15) is 0 Å². The second kappa shape index (κ2) is 3.29. The summed E-state index contributed by atoms with van der Waals surface area (Å²) in [6, 6.07) is 0.509. The van der Waals surface area contributed by atoms with Crippen molar-refractivity contribution in [2.75, 3.05) is 20.1 Å². The Morgan fingerprint density at radius 3 is 2.62 bits per heavy atom. The number of carbonyl (C=O) groups is 1. The van der Waals surface area contributed by atoms with Crippen LogP contribution in [0.1, 0.15) is 19.8 Å². The van der Waals surface area contributed by atoms with E-state index < -0.39 is 0 Å². The first kappa shape index (κ1) is 9.00. The van der Waals surface area contributed by atoms with Gasteiger partial charge >= 0.3 is 0 Å². The van der Waals surface area contributed by atoms with E-state index >= 15 is 0 Å². The van der Waals surface area contributed by atoms with E-state index in [1.807, 2.05) is 6.92 Å². The molecule has 1 heterocycles. The van der Waals surface area contributed by atoms with Crippen molar-refractivity contribution in [3.63, 3.8) is 0 Å². The van der Waals surface area contributed by atoms with Crippen LogP contribution in [0.15, 0.2) is 0 Å². The zero-order valence-corrected chi connectivity index (χ0v) is 8.42. The fourth-order valence-corrected chi connectivity index (χ4v) is 2.44. The fraction of sp³-hybridized carbons (Fsp3) is 0.900. The van der Waals surface area contributed by atoms with Crippen LogP contribution in [0.2, 0.25) is 0 Å². The van der Waals surface area contributed by atoms with Crippen LogP contribution in [-0.4, -0.2) is 37.0 Å². The lowest BCUT2D eigenvalue weighted by molar-refractivity contribution is -0.121. The summed E-state index contributed by atoms with van der Waals surface area (Å²) in [5.74, 6) is 1.75. The maximum absolute atomic E-state index is 11.3. The molecule has 0 aromatic carbocycles. The third-order valence-corrected chi connectivity index (χ3v) is 3.18. The highest BCUT2D eigenvalue weighted by Crippen LogP contribution is 2.44. The number of piperidine rings is 1. The van der Waals surface area contributed by atoms with Gasteiger partial charge in [0.05, 0.1) is 0 Å². The maximum Gasteiger partial charge on any atom is 0.220 e. The van der Waals surface area contributed by atoms with Gasteiger partial charge in [-0.25, -0.2) is 0 Å². The minimum Gasteiger partial charge on any atom is -0.353 e. The number of likely N-dealkylation sites (tertiary alicyclic amines) is 1. The van der Waals surface area contributed by atoms with E-state index in [1.54, 1.807) is 0 Å². The first-order valence-corrected chi connectivity index (χ1v) is 5.20. The van der Waals surface area contributed by atoms with Crippen molar-refractivity contribution in [2.45, 2.75) is 25.8 Å². The Hall–Kier alpha value is -0.570. The summed E-state index contributed by atoms with van der Waals surface area (Å²) >= 11 is 0. The van der Waals surface area contributed by atoms with Crippen LogP contribution in [0.3, 0.4) is 0 Å². The molecule has 0 aromatic rings. The first-order chi connectivity index (χ1) is 6.22. The zero-order chi connectivity index (χ0) is 9.42. The van der Waals surface area contributed by atoms with Gasteiger partial charge in [0.25, 0.3) is 0 Å². The van der Waals surface area contributed by atoms with E-state index in [2.05, 4.69) is 17.3 Å². The topological polar surface area (TPSA) is 32.3 Å². The molecule has 0 spiro atoms. The molecule has 0 bridgehead atoms. The Bertz CT molecular complexity index is 205. The summed E-state index contributed by atoms with van der Waals surface area (Å²) in [6.45, 7) is 4.38. The molecule has 3 atom stereocenters. The van der Waals surface area contributed by atoms with Gasteiger partial charge in [0, 0.05) is 25.6 Å². The zero-order valence-electron chi connectivity index (χ0n) is 8.42. The number of carbonyl (C=O) groups excluding carboxylic acids is 1. The van der Waals surface area contributed by atoms with E-state index in [4.69, 9.17) is 0 Å².